The summed E-state index contributed by atoms with van der Waals surface area (Å²) in [5.41, 5.74) is -0.152. The number of methoxy groups -OCH3 is 1. The summed E-state index contributed by atoms with van der Waals surface area (Å²) in [6.45, 7) is 3.06. The van der Waals surface area contributed by atoms with E-state index in [4.69, 9.17) is 4.74 Å². The van der Waals surface area contributed by atoms with Crippen molar-refractivity contribution in [2.24, 2.45) is 5.41 Å². The van der Waals surface area contributed by atoms with E-state index in [0.717, 1.165) is 25.7 Å². The lowest BCUT2D eigenvalue weighted by atomic mass is 9.73. The molecule has 1 aliphatic rings. The SMILES string of the molecule is COCCC(=O)NC[C@]1(C)CCCC[C@@H]1O. The van der Waals surface area contributed by atoms with Gasteiger partial charge in [0.05, 0.1) is 12.7 Å². The molecule has 0 aliphatic heterocycles. The van der Waals surface area contributed by atoms with Crippen LogP contribution in [0.3, 0.4) is 0 Å². The molecule has 0 aromatic carbocycles. The maximum Gasteiger partial charge on any atom is 0.222 e. The third kappa shape index (κ3) is 3.76. The summed E-state index contributed by atoms with van der Waals surface area (Å²) in [5, 5.41) is 12.8. The smallest absolute Gasteiger partial charge is 0.222 e. The molecular formula is C12H23NO3. The quantitative estimate of drug-likeness (QED) is 0.741. The van der Waals surface area contributed by atoms with Crippen molar-refractivity contribution in [3.05, 3.63) is 0 Å². The summed E-state index contributed by atoms with van der Waals surface area (Å²) in [6, 6.07) is 0. The van der Waals surface area contributed by atoms with Crippen LogP contribution in [-0.4, -0.2) is 37.4 Å². The van der Waals surface area contributed by atoms with Gasteiger partial charge < -0.3 is 15.2 Å². The van der Waals surface area contributed by atoms with Crippen LogP contribution >= 0.6 is 0 Å². The van der Waals surface area contributed by atoms with Crippen LogP contribution in [0.25, 0.3) is 0 Å². The number of carbonyl (C=O) groups is 1. The molecule has 1 amide bonds. The Labute approximate surface area is 97.4 Å². The molecule has 1 aliphatic carbocycles. The Morgan fingerprint density at radius 3 is 2.94 bits per heavy atom. The third-order valence-corrected chi connectivity index (χ3v) is 3.50. The molecule has 0 spiro atoms. The van der Waals surface area contributed by atoms with E-state index in [1.165, 1.54) is 0 Å². The van der Waals surface area contributed by atoms with Gasteiger partial charge >= 0.3 is 0 Å². The number of amides is 1. The van der Waals surface area contributed by atoms with E-state index < -0.39 is 0 Å². The molecule has 0 radical (unpaired) electrons. The van der Waals surface area contributed by atoms with Gasteiger partial charge in [-0.2, -0.15) is 0 Å². The van der Waals surface area contributed by atoms with Crippen molar-refractivity contribution >= 4 is 5.91 Å². The van der Waals surface area contributed by atoms with Gasteiger partial charge in [0.1, 0.15) is 0 Å². The van der Waals surface area contributed by atoms with Gasteiger partial charge in [-0.25, -0.2) is 0 Å². The Morgan fingerprint density at radius 2 is 2.31 bits per heavy atom. The Kier molecular flexibility index (Phi) is 5.22. The highest BCUT2D eigenvalue weighted by molar-refractivity contribution is 5.76. The minimum atomic E-state index is -0.288. The van der Waals surface area contributed by atoms with E-state index in [2.05, 4.69) is 5.32 Å². The predicted molar refractivity (Wildman–Crippen MR) is 62.1 cm³/mol. The molecule has 2 N–H and O–H groups in total. The van der Waals surface area contributed by atoms with Crippen molar-refractivity contribution in [2.75, 3.05) is 20.3 Å². The fraction of sp³-hybridized carbons (Fsp3) is 0.917. The number of carbonyl (C=O) groups excluding carboxylic acids is 1. The predicted octanol–water partition coefficient (Wildman–Crippen LogP) is 1.08. The maximum absolute atomic E-state index is 11.4. The van der Waals surface area contributed by atoms with E-state index in [-0.39, 0.29) is 17.4 Å². The zero-order valence-electron chi connectivity index (χ0n) is 10.3. The number of nitrogens with one attached hydrogen (secondary N) is 1. The maximum atomic E-state index is 11.4. The number of hydrogen-bond acceptors (Lipinski definition) is 3. The minimum Gasteiger partial charge on any atom is -0.392 e. The molecule has 0 aromatic heterocycles. The number of rotatable bonds is 5. The highest BCUT2D eigenvalue weighted by atomic mass is 16.5. The van der Waals surface area contributed by atoms with Gasteiger partial charge in [-0.15, -0.1) is 0 Å². The van der Waals surface area contributed by atoms with Gasteiger partial charge in [0.2, 0.25) is 5.91 Å². The standard InChI is InChI=1S/C12H23NO3/c1-12(7-4-3-5-10(12)14)9-13-11(15)6-8-16-2/h10,14H,3-9H2,1-2H3,(H,13,15)/t10-,12-/m0/s1. The Hall–Kier alpha value is -0.610. The molecule has 0 heterocycles. The monoisotopic (exact) mass is 229 g/mol. The first-order valence-electron chi connectivity index (χ1n) is 6.02. The minimum absolute atomic E-state index is 0.000786. The average Bonchev–Trinajstić information content (AvgIpc) is 2.28. The lowest BCUT2D eigenvalue weighted by Crippen LogP contribution is -2.45. The number of ether oxygens (including phenoxy) is 1. The lowest BCUT2D eigenvalue weighted by Gasteiger charge is -2.38. The van der Waals surface area contributed by atoms with Crippen molar-refractivity contribution in [1.82, 2.24) is 5.32 Å². The van der Waals surface area contributed by atoms with Crippen LogP contribution in [0.2, 0.25) is 0 Å². The molecule has 1 fully saturated rings. The molecule has 4 nitrogen and oxygen atoms in total. The Morgan fingerprint density at radius 1 is 1.56 bits per heavy atom. The summed E-state index contributed by atoms with van der Waals surface area (Å²) in [6.07, 6.45) is 4.17. The van der Waals surface area contributed by atoms with E-state index in [9.17, 15) is 9.90 Å². The van der Waals surface area contributed by atoms with E-state index in [0.29, 0.717) is 19.6 Å². The fourth-order valence-electron chi connectivity index (χ4n) is 2.17. The molecule has 0 saturated heterocycles. The molecule has 1 saturated carbocycles. The van der Waals surface area contributed by atoms with Crippen molar-refractivity contribution in [3.8, 4) is 0 Å². The van der Waals surface area contributed by atoms with Gasteiger partial charge in [-0.05, 0) is 12.8 Å². The number of hydrogen-bond donors (Lipinski definition) is 2. The first kappa shape index (κ1) is 13.5. The van der Waals surface area contributed by atoms with Gasteiger partial charge in [0.25, 0.3) is 0 Å². The van der Waals surface area contributed by atoms with Crippen molar-refractivity contribution in [2.45, 2.75) is 45.1 Å². The zero-order chi connectivity index (χ0) is 12.0. The Bertz CT molecular complexity index is 232. The number of aliphatic hydroxyl groups excluding tert-OH is 1. The van der Waals surface area contributed by atoms with Crippen molar-refractivity contribution in [1.29, 1.82) is 0 Å². The molecule has 4 heteroatoms. The molecule has 0 unspecified atom stereocenters. The highest BCUT2D eigenvalue weighted by Gasteiger charge is 2.35. The molecule has 94 valence electrons. The molecule has 2 atom stereocenters. The summed E-state index contributed by atoms with van der Waals surface area (Å²) in [5.74, 6) is 0.000786. The summed E-state index contributed by atoms with van der Waals surface area (Å²) in [7, 11) is 1.58. The van der Waals surface area contributed by atoms with Gasteiger partial charge in [0, 0.05) is 25.5 Å². The fourth-order valence-corrected chi connectivity index (χ4v) is 2.17. The summed E-state index contributed by atoms with van der Waals surface area (Å²) < 4.78 is 4.84. The third-order valence-electron chi connectivity index (χ3n) is 3.50. The first-order valence-corrected chi connectivity index (χ1v) is 6.02. The largest absolute Gasteiger partial charge is 0.392 e. The van der Waals surface area contributed by atoms with Crippen LogP contribution in [0.1, 0.15) is 39.0 Å². The second-order valence-electron chi connectivity index (χ2n) is 4.94. The van der Waals surface area contributed by atoms with Gasteiger partial charge in [-0.1, -0.05) is 19.8 Å². The van der Waals surface area contributed by atoms with E-state index in [1.54, 1.807) is 7.11 Å². The van der Waals surface area contributed by atoms with Crippen LogP contribution in [0, 0.1) is 5.41 Å². The average molecular weight is 229 g/mol. The summed E-state index contributed by atoms with van der Waals surface area (Å²) >= 11 is 0. The van der Waals surface area contributed by atoms with Crippen LogP contribution in [0.5, 0.6) is 0 Å². The van der Waals surface area contributed by atoms with E-state index >= 15 is 0 Å². The second-order valence-corrected chi connectivity index (χ2v) is 4.94. The molecule has 1 rings (SSSR count). The first-order chi connectivity index (χ1) is 7.58. The van der Waals surface area contributed by atoms with Crippen LogP contribution in [-0.2, 0) is 9.53 Å². The van der Waals surface area contributed by atoms with Gasteiger partial charge in [0.15, 0.2) is 0 Å². The second kappa shape index (κ2) is 6.21. The molecule has 0 aromatic rings. The van der Waals surface area contributed by atoms with Gasteiger partial charge in [-0.3, -0.25) is 4.79 Å². The van der Waals surface area contributed by atoms with E-state index in [1.807, 2.05) is 6.92 Å². The highest BCUT2D eigenvalue weighted by Crippen LogP contribution is 2.35. The normalized spacial score (nSPS) is 30.1. The molecular weight excluding hydrogens is 206 g/mol. The molecule has 16 heavy (non-hydrogen) atoms. The zero-order valence-corrected chi connectivity index (χ0v) is 10.3. The number of aliphatic hydroxyl groups is 1. The van der Waals surface area contributed by atoms with Crippen LogP contribution in [0.4, 0.5) is 0 Å². The summed E-state index contributed by atoms with van der Waals surface area (Å²) in [4.78, 5) is 11.4. The lowest BCUT2D eigenvalue weighted by molar-refractivity contribution is -0.123. The van der Waals surface area contributed by atoms with Crippen molar-refractivity contribution < 1.29 is 14.6 Å². The van der Waals surface area contributed by atoms with Crippen LogP contribution < -0.4 is 5.32 Å². The van der Waals surface area contributed by atoms with Crippen LogP contribution in [0.15, 0.2) is 0 Å². The molecule has 0 bridgehead atoms. The van der Waals surface area contributed by atoms with Crippen molar-refractivity contribution in [3.63, 3.8) is 0 Å². The topological polar surface area (TPSA) is 58.6 Å². The Balaban J connectivity index is 2.32.